The minimum absolute atomic E-state index is 0.0225. The number of alkyl carbamates (subject to hydrolysis) is 1. The van der Waals surface area contributed by atoms with Crippen LogP contribution in [0.2, 0.25) is 0 Å². The summed E-state index contributed by atoms with van der Waals surface area (Å²) in [4.78, 5) is 37.3. The number of hydrogen-bond acceptors (Lipinski definition) is 6. The summed E-state index contributed by atoms with van der Waals surface area (Å²) in [5.74, 6) is -0.972. The van der Waals surface area contributed by atoms with Crippen LogP contribution in [0.25, 0.3) is 0 Å². The Bertz CT molecular complexity index is 934. The molecule has 0 spiro atoms. The monoisotopic (exact) mass is 439 g/mol. The molecule has 3 rings (SSSR count). The molecule has 1 aliphatic rings. The molecule has 170 valence electrons. The Morgan fingerprint density at radius 1 is 1.03 bits per heavy atom. The van der Waals surface area contributed by atoms with Gasteiger partial charge in [0.1, 0.15) is 18.7 Å². The van der Waals surface area contributed by atoms with Crippen molar-refractivity contribution >= 4 is 23.7 Å². The number of benzene rings is 2. The highest BCUT2D eigenvalue weighted by Gasteiger charge is 2.31. The van der Waals surface area contributed by atoms with Gasteiger partial charge in [0.15, 0.2) is 0 Å². The van der Waals surface area contributed by atoms with Crippen LogP contribution in [0, 0.1) is 0 Å². The fraction of sp³-hybridized carbons (Fsp3) is 0.375. The minimum Gasteiger partial charge on any atom is -0.464 e. The van der Waals surface area contributed by atoms with Crippen molar-refractivity contribution in [3.8, 4) is 0 Å². The second-order valence-corrected chi connectivity index (χ2v) is 7.64. The Labute approximate surface area is 187 Å². The second-order valence-electron chi connectivity index (χ2n) is 7.64. The lowest BCUT2D eigenvalue weighted by Gasteiger charge is -2.23. The van der Waals surface area contributed by atoms with E-state index in [2.05, 4.69) is 16.0 Å². The highest BCUT2D eigenvalue weighted by atomic mass is 16.5. The van der Waals surface area contributed by atoms with Crippen molar-refractivity contribution in [3.05, 3.63) is 65.7 Å². The van der Waals surface area contributed by atoms with Gasteiger partial charge in [0.05, 0.1) is 6.61 Å². The normalized spacial score (nSPS) is 16.1. The van der Waals surface area contributed by atoms with Gasteiger partial charge in [-0.3, -0.25) is 4.79 Å². The molecule has 0 fully saturated rings. The third kappa shape index (κ3) is 6.23. The molecular weight excluding hydrogens is 410 g/mol. The molecule has 32 heavy (non-hydrogen) atoms. The molecule has 8 nitrogen and oxygen atoms in total. The van der Waals surface area contributed by atoms with Gasteiger partial charge in [-0.25, -0.2) is 9.59 Å². The van der Waals surface area contributed by atoms with Crippen LogP contribution >= 0.6 is 0 Å². The number of carbonyl (C=O) groups excluding carboxylic acids is 3. The van der Waals surface area contributed by atoms with Gasteiger partial charge in [-0.1, -0.05) is 48.5 Å². The molecule has 2 amide bonds. The number of fused-ring (bicyclic) bond motifs is 1. The van der Waals surface area contributed by atoms with Gasteiger partial charge in [0, 0.05) is 18.2 Å². The summed E-state index contributed by atoms with van der Waals surface area (Å²) in [6.45, 7) is 4.21. The molecule has 0 bridgehead atoms. The highest BCUT2D eigenvalue weighted by molar-refractivity contribution is 5.89. The Balaban J connectivity index is 1.66. The summed E-state index contributed by atoms with van der Waals surface area (Å²) in [6.07, 6.45) is -0.344. The molecule has 0 radical (unpaired) electrons. The number of rotatable bonds is 9. The molecule has 0 saturated carbocycles. The molecule has 8 heteroatoms. The molecular formula is C24H29N3O5. The van der Waals surface area contributed by atoms with Crippen LogP contribution in [0.1, 0.15) is 37.3 Å². The molecule has 0 aromatic heterocycles. The predicted molar refractivity (Wildman–Crippen MR) is 120 cm³/mol. The maximum atomic E-state index is 13.0. The molecule has 2 aromatic carbocycles. The quantitative estimate of drug-likeness (QED) is 0.519. The molecule has 1 heterocycles. The molecule has 3 N–H and O–H groups in total. The van der Waals surface area contributed by atoms with Crippen LogP contribution in [0.3, 0.4) is 0 Å². The zero-order valence-corrected chi connectivity index (χ0v) is 18.3. The Hall–Kier alpha value is -3.55. The zero-order chi connectivity index (χ0) is 22.9. The van der Waals surface area contributed by atoms with E-state index in [-0.39, 0.29) is 19.1 Å². The third-order valence-electron chi connectivity index (χ3n) is 5.28. The zero-order valence-electron chi connectivity index (χ0n) is 18.3. The smallest absolute Gasteiger partial charge is 0.408 e. The van der Waals surface area contributed by atoms with Crippen molar-refractivity contribution in [3.63, 3.8) is 0 Å². The van der Waals surface area contributed by atoms with Crippen molar-refractivity contribution in [1.82, 2.24) is 10.6 Å². The van der Waals surface area contributed by atoms with E-state index in [1.807, 2.05) is 54.6 Å². The fourth-order valence-electron chi connectivity index (χ4n) is 3.63. The summed E-state index contributed by atoms with van der Waals surface area (Å²) >= 11 is 0. The lowest BCUT2D eigenvalue weighted by atomic mass is 9.93. The first-order chi connectivity index (χ1) is 15.5. The number of nitrogens with one attached hydrogen (secondary N) is 3. The van der Waals surface area contributed by atoms with Gasteiger partial charge in [-0.15, -0.1) is 0 Å². The van der Waals surface area contributed by atoms with Gasteiger partial charge in [-0.2, -0.15) is 0 Å². The summed E-state index contributed by atoms with van der Waals surface area (Å²) in [7, 11) is 0. The van der Waals surface area contributed by atoms with Crippen LogP contribution in [-0.4, -0.2) is 43.2 Å². The van der Waals surface area contributed by atoms with E-state index in [9.17, 15) is 14.4 Å². The van der Waals surface area contributed by atoms with Crippen molar-refractivity contribution in [2.24, 2.45) is 0 Å². The predicted octanol–water partition coefficient (Wildman–Crippen LogP) is 2.95. The van der Waals surface area contributed by atoms with Crippen molar-refractivity contribution < 1.29 is 23.9 Å². The molecule has 3 atom stereocenters. The fourth-order valence-corrected chi connectivity index (χ4v) is 3.63. The topological polar surface area (TPSA) is 106 Å². The average Bonchev–Trinajstić information content (AvgIpc) is 3.21. The first-order valence-electron chi connectivity index (χ1n) is 10.7. The van der Waals surface area contributed by atoms with Gasteiger partial charge in [-0.05, 0) is 37.5 Å². The summed E-state index contributed by atoms with van der Waals surface area (Å²) in [6, 6.07) is 15.4. The lowest BCUT2D eigenvalue weighted by Crippen LogP contribution is -2.51. The summed E-state index contributed by atoms with van der Waals surface area (Å²) < 4.78 is 10.3. The van der Waals surface area contributed by atoms with Crippen molar-refractivity contribution in [2.45, 2.75) is 44.9 Å². The van der Waals surface area contributed by atoms with E-state index in [0.717, 1.165) is 16.8 Å². The van der Waals surface area contributed by atoms with Gasteiger partial charge in [0.25, 0.3) is 0 Å². The highest BCUT2D eigenvalue weighted by Crippen LogP contribution is 2.34. The van der Waals surface area contributed by atoms with Crippen LogP contribution in [-0.2, 0) is 25.7 Å². The largest absolute Gasteiger partial charge is 0.464 e. The van der Waals surface area contributed by atoms with E-state index in [0.29, 0.717) is 13.0 Å². The first kappa shape index (κ1) is 23.1. The maximum Gasteiger partial charge on any atom is 0.408 e. The number of esters is 1. The molecule has 2 aromatic rings. The van der Waals surface area contributed by atoms with E-state index < -0.39 is 30.1 Å². The van der Waals surface area contributed by atoms with E-state index in [1.165, 1.54) is 0 Å². The molecule has 0 aliphatic carbocycles. The first-order valence-corrected chi connectivity index (χ1v) is 10.7. The number of anilines is 1. The Morgan fingerprint density at radius 3 is 2.50 bits per heavy atom. The maximum absolute atomic E-state index is 13.0. The third-order valence-corrected chi connectivity index (χ3v) is 5.28. The number of ether oxygens (including phenoxy) is 2. The Morgan fingerprint density at radius 2 is 1.75 bits per heavy atom. The summed E-state index contributed by atoms with van der Waals surface area (Å²) in [5.41, 5.74) is 2.94. The van der Waals surface area contributed by atoms with Crippen LogP contribution in [0.5, 0.6) is 0 Å². The van der Waals surface area contributed by atoms with E-state index in [1.54, 1.807) is 13.8 Å². The standard InChI is InChI=1S/C24H29N3O5/c1-3-31-23(29)16(2)26-22(28)21(13-18-14-25-20-12-8-7-11-19(18)20)27-24(30)32-15-17-9-5-4-6-10-17/h4-12,16,18,21,25H,3,13-15H2,1-2H3,(H,26,28)(H,27,30). The number of hydrogen-bond donors (Lipinski definition) is 3. The van der Waals surface area contributed by atoms with Gasteiger partial charge in [0.2, 0.25) is 5.91 Å². The molecule has 1 aliphatic heterocycles. The van der Waals surface area contributed by atoms with Gasteiger partial charge < -0.3 is 25.4 Å². The van der Waals surface area contributed by atoms with Crippen LogP contribution in [0.15, 0.2) is 54.6 Å². The van der Waals surface area contributed by atoms with Crippen molar-refractivity contribution in [1.29, 1.82) is 0 Å². The number of carbonyl (C=O) groups is 3. The lowest BCUT2D eigenvalue weighted by molar-refractivity contribution is -0.147. The average molecular weight is 440 g/mol. The second kappa shape index (κ2) is 11.2. The molecule has 0 saturated heterocycles. The Kier molecular flexibility index (Phi) is 8.08. The molecule has 3 unspecified atom stereocenters. The number of para-hydroxylation sites is 1. The minimum atomic E-state index is -0.881. The summed E-state index contributed by atoms with van der Waals surface area (Å²) in [5, 5.41) is 8.63. The van der Waals surface area contributed by atoms with Crippen LogP contribution < -0.4 is 16.0 Å². The van der Waals surface area contributed by atoms with Gasteiger partial charge >= 0.3 is 12.1 Å². The van der Waals surface area contributed by atoms with E-state index >= 15 is 0 Å². The van der Waals surface area contributed by atoms with E-state index in [4.69, 9.17) is 9.47 Å². The number of amides is 2. The SMILES string of the molecule is CCOC(=O)C(C)NC(=O)C(CC1CNc2ccccc21)NC(=O)OCc1ccccc1. The van der Waals surface area contributed by atoms with Crippen molar-refractivity contribution in [2.75, 3.05) is 18.5 Å². The van der Waals surface area contributed by atoms with Crippen LogP contribution in [0.4, 0.5) is 10.5 Å².